The summed E-state index contributed by atoms with van der Waals surface area (Å²) in [6, 6.07) is 7.42. The van der Waals surface area contributed by atoms with Crippen molar-refractivity contribution in [1.29, 1.82) is 0 Å². The number of carbonyl (C=O) groups is 2. The quantitative estimate of drug-likeness (QED) is 0.639. The predicted octanol–water partition coefficient (Wildman–Crippen LogP) is 2.01. The van der Waals surface area contributed by atoms with Crippen LogP contribution >= 0.6 is 0 Å². The number of nitrogens with zero attached hydrogens (tertiary/aromatic N) is 3. The molecule has 0 aliphatic carbocycles. The van der Waals surface area contributed by atoms with E-state index in [1.807, 2.05) is 24.3 Å². The molecule has 2 heterocycles. The smallest absolute Gasteiger partial charge is 0.246 e. The average molecular weight is 297 g/mol. The Balaban J connectivity index is 0.000000235. The second-order valence-corrected chi connectivity index (χ2v) is 4.58. The van der Waals surface area contributed by atoms with Gasteiger partial charge in [0.2, 0.25) is 5.91 Å². The van der Waals surface area contributed by atoms with E-state index in [2.05, 4.69) is 9.97 Å². The highest BCUT2D eigenvalue weighted by Crippen LogP contribution is 1.98. The molecule has 2 aromatic rings. The third kappa shape index (κ3) is 7.09. The molecule has 0 aromatic carbocycles. The molecule has 5 nitrogen and oxygen atoms in total. The fraction of sp³-hybridized carbons (Fsp3) is 0.176. The first-order valence-electron chi connectivity index (χ1n) is 6.75. The zero-order valence-electron chi connectivity index (χ0n) is 12.7. The maximum absolute atomic E-state index is 11.1. The zero-order valence-corrected chi connectivity index (χ0v) is 12.7. The highest BCUT2D eigenvalue weighted by atomic mass is 16.2. The van der Waals surface area contributed by atoms with Gasteiger partial charge in [-0.2, -0.15) is 0 Å². The molecule has 0 saturated carbocycles. The van der Waals surface area contributed by atoms with Crippen molar-refractivity contribution in [1.82, 2.24) is 14.9 Å². The molecule has 0 fully saturated rings. The molecule has 0 spiro atoms. The third-order valence-electron chi connectivity index (χ3n) is 2.59. The van der Waals surface area contributed by atoms with Crippen LogP contribution in [-0.4, -0.2) is 41.2 Å². The van der Waals surface area contributed by atoms with E-state index in [0.29, 0.717) is 6.42 Å². The van der Waals surface area contributed by atoms with Crippen LogP contribution in [0.5, 0.6) is 0 Å². The number of pyridine rings is 2. The van der Waals surface area contributed by atoms with Crippen LogP contribution < -0.4 is 0 Å². The van der Waals surface area contributed by atoms with Crippen molar-refractivity contribution in [3.8, 4) is 0 Å². The fourth-order valence-electron chi connectivity index (χ4n) is 1.41. The Morgan fingerprint density at radius 2 is 1.82 bits per heavy atom. The Hall–Kier alpha value is -2.82. The van der Waals surface area contributed by atoms with Gasteiger partial charge in [0.25, 0.3) is 0 Å². The average Bonchev–Trinajstić information content (AvgIpc) is 2.55. The molecule has 22 heavy (non-hydrogen) atoms. The van der Waals surface area contributed by atoms with E-state index >= 15 is 0 Å². The number of rotatable bonds is 4. The van der Waals surface area contributed by atoms with Crippen molar-refractivity contribution in [2.75, 3.05) is 14.1 Å². The van der Waals surface area contributed by atoms with Gasteiger partial charge in [0.15, 0.2) is 0 Å². The van der Waals surface area contributed by atoms with E-state index < -0.39 is 0 Å². The first kappa shape index (κ1) is 17.2. The zero-order chi connectivity index (χ0) is 16.2. The molecule has 2 rings (SSSR count). The van der Waals surface area contributed by atoms with Crippen molar-refractivity contribution in [2.45, 2.75) is 6.42 Å². The van der Waals surface area contributed by atoms with Gasteiger partial charge in [-0.3, -0.25) is 14.8 Å². The second kappa shape index (κ2) is 9.99. The summed E-state index contributed by atoms with van der Waals surface area (Å²) in [7, 11) is 3.44. The second-order valence-electron chi connectivity index (χ2n) is 4.58. The monoisotopic (exact) mass is 297 g/mol. The van der Waals surface area contributed by atoms with Crippen LogP contribution in [0, 0.1) is 0 Å². The van der Waals surface area contributed by atoms with Gasteiger partial charge in [-0.05, 0) is 29.3 Å². The van der Waals surface area contributed by atoms with Crippen LogP contribution in [0.4, 0.5) is 0 Å². The molecule has 0 saturated heterocycles. The van der Waals surface area contributed by atoms with Gasteiger partial charge in [-0.15, -0.1) is 0 Å². The summed E-state index contributed by atoms with van der Waals surface area (Å²) in [5, 5.41) is 0. The van der Waals surface area contributed by atoms with Crippen LogP contribution in [-0.2, 0) is 16.0 Å². The lowest BCUT2D eigenvalue weighted by atomic mass is 10.2. The molecule has 0 atom stereocenters. The minimum atomic E-state index is -0.0242. The van der Waals surface area contributed by atoms with Crippen molar-refractivity contribution in [3.05, 3.63) is 66.3 Å². The normalized spacial score (nSPS) is 9.73. The largest absolute Gasteiger partial charge is 0.345 e. The Morgan fingerprint density at radius 1 is 1.14 bits per heavy atom. The summed E-state index contributed by atoms with van der Waals surface area (Å²) < 4.78 is 0. The van der Waals surface area contributed by atoms with Crippen molar-refractivity contribution >= 4 is 18.3 Å². The highest BCUT2D eigenvalue weighted by molar-refractivity contribution is 5.91. The predicted molar refractivity (Wildman–Crippen MR) is 86.0 cm³/mol. The molecule has 0 N–H and O–H groups in total. The molecule has 5 heteroatoms. The van der Waals surface area contributed by atoms with Gasteiger partial charge in [-0.1, -0.05) is 12.1 Å². The molecule has 0 aliphatic rings. The number of aromatic nitrogens is 2. The lowest BCUT2D eigenvalue weighted by molar-refractivity contribution is -0.123. The topological polar surface area (TPSA) is 63.2 Å². The molecule has 0 radical (unpaired) electrons. The summed E-state index contributed by atoms with van der Waals surface area (Å²) in [5.41, 5.74) is 1.89. The van der Waals surface area contributed by atoms with E-state index in [9.17, 15) is 9.59 Å². The Bertz CT molecular complexity index is 596. The van der Waals surface area contributed by atoms with Gasteiger partial charge >= 0.3 is 0 Å². The SMILES string of the molecule is CN(C)C(=O)C=Cc1cccnc1.O=CCc1cccnc1. The van der Waals surface area contributed by atoms with Crippen molar-refractivity contribution < 1.29 is 9.59 Å². The summed E-state index contributed by atoms with van der Waals surface area (Å²) >= 11 is 0. The van der Waals surface area contributed by atoms with Gasteiger partial charge in [0.05, 0.1) is 0 Å². The summed E-state index contributed by atoms with van der Waals surface area (Å²) in [4.78, 5) is 30.4. The standard InChI is InChI=1S/C10H12N2O.C7H7NO/c1-12(2)10(13)6-5-9-4-3-7-11-8-9;9-5-3-7-2-1-4-8-6-7/h3-8H,1-2H3;1-2,4-6H,3H2. The number of amides is 1. The minimum absolute atomic E-state index is 0.0242. The number of likely N-dealkylation sites (N-methyl/N-ethyl adjacent to an activating group) is 1. The van der Waals surface area contributed by atoms with Gasteiger partial charge in [-0.25, -0.2) is 0 Å². The summed E-state index contributed by atoms with van der Waals surface area (Å²) in [5.74, 6) is -0.0242. The molecule has 1 amide bonds. The lowest BCUT2D eigenvalue weighted by Gasteiger charge is -2.04. The molecule has 0 unspecified atom stereocenters. The first-order valence-corrected chi connectivity index (χ1v) is 6.75. The van der Waals surface area contributed by atoms with Crippen LogP contribution in [0.25, 0.3) is 6.08 Å². The van der Waals surface area contributed by atoms with Crippen LogP contribution in [0.15, 0.2) is 55.1 Å². The molecular formula is C17H19N3O2. The Labute approximate surface area is 130 Å². The molecule has 2 aromatic heterocycles. The van der Waals surface area contributed by atoms with Gasteiger partial charge in [0.1, 0.15) is 6.29 Å². The molecule has 0 aliphatic heterocycles. The van der Waals surface area contributed by atoms with E-state index in [0.717, 1.165) is 17.4 Å². The van der Waals surface area contributed by atoms with Crippen molar-refractivity contribution in [2.24, 2.45) is 0 Å². The minimum Gasteiger partial charge on any atom is -0.345 e. The first-order chi connectivity index (χ1) is 10.6. The lowest BCUT2D eigenvalue weighted by Crippen LogP contribution is -2.18. The fourth-order valence-corrected chi connectivity index (χ4v) is 1.41. The van der Waals surface area contributed by atoms with Gasteiger partial charge in [0, 0.05) is 51.4 Å². The number of aldehydes is 1. The third-order valence-corrected chi connectivity index (χ3v) is 2.59. The highest BCUT2D eigenvalue weighted by Gasteiger charge is 1.95. The van der Waals surface area contributed by atoms with E-state index in [-0.39, 0.29) is 5.91 Å². The van der Waals surface area contributed by atoms with E-state index in [1.54, 1.807) is 45.0 Å². The molecule has 114 valence electrons. The van der Waals surface area contributed by atoms with Gasteiger partial charge < -0.3 is 9.69 Å². The molecular weight excluding hydrogens is 278 g/mol. The van der Waals surface area contributed by atoms with Crippen LogP contribution in [0.1, 0.15) is 11.1 Å². The number of hydrogen-bond donors (Lipinski definition) is 0. The number of hydrogen-bond acceptors (Lipinski definition) is 4. The van der Waals surface area contributed by atoms with Crippen molar-refractivity contribution in [3.63, 3.8) is 0 Å². The van der Waals surface area contributed by atoms with Crippen LogP contribution in [0.2, 0.25) is 0 Å². The Morgan fingerprint density at radius 3 is 2.32 bits per heavy atom. The maximum atomic E-state index is 11.1. The summed E-state index contributed by atoms with van der Waals surface area (Å²) in [6.07, 6.45) is 11.4. The number of carbonyl (C=O) groups excluding carboxylic acids is 2. The molecule has 0 bridgehead atoms. The summed E-state index contributed by atoms with van der Waals surface area (Å²) in [6.45, 7) is 0. The van der Waals surface area contributed by atoms with Crippen LogP contribution in [0.3, 0.4) is 0 Å². The van der Waals surface area contributed by atoms with E-state index in [4.69, 9.17) is 0 Å². The van der Waals surface area contributed by atoms with E-state index in [1.165, 1.54) is 11.0 Å². The maximum Gasteiger partial charge on any atom is 0.246 e. The Kier molecular flexibility index (Phi) is 7.82.